The van der Waals surface area contributed by atoms with Crippen LogP contribution in [0.15, 0.2) is 60.8 Å². The molecule has 3 rings (SSSR count). The summed E-state index contributed by atoms with van der Waals surface area (Å²) in [6, 6.07) is 16.7. The highest BCUT2D eigenvalue weighted by molar-refractivity contribution is 6.00. The monoisotopic (exact) mass is 264 g/mol. The van der Waals surface area contributed by atoms with Crippen molar-refractivity contribution in [3.63, 3.8) is 0 Å². The molecule has 20 heavy (non-hydrogen) atoms. The summed E-state index contributed by atoms with van der Waals surface area (Å²) in [4.78, 5) is 15.5. The van der Waals surface area contributed by atoms with Gasteiger partial charge in [0.15, 0.2) is 5.78 Å². The molecule has 3 N–H and O–H groups in total. The van der Waals surface area contributed by atoms with Crippen LogP contribution in [-0.4, -0.2) is 16.8 Å². The quantitative estimate of drug-likeness (QED) is 0.712. The van der Waals surface area contributed by atoms with Crippen LogP contribution in [-0.2, 0) is 6.42 Å². The van der Waals surface area contributed by atoms with Gasteiger partial charge in [-0.05, 0) is 18.1 Å². The Bertz CT molecular complexity index is 731. The molecule has 0 saturated heterocycles. The highest BCUT2D eigenvalue weighted by atomic mass is 16.1. The Balaban J connectivity index is 1.82. The molecule has 1 aromatic heterocycles. The standard InChI is InChI=1S/C17H16N2O/c18-15(17(20)12-6-2-1-3-7-12)10-13-11-19-16-9-5-4-8-14(13)16/h1-9,11,15,19H,10,18H2/t15-/m0/s1. The Morgan fingerprint density at radius 1 is 1.05 bits per heavy atom. The predicted octanol–water partition coefficient (Wildman–Crippen LogP) is 2.92. The zero-order valence-corrected chi connectivity index (χ0v) is 11.0. The van der Waals surface area contributed by atoms with Gasteiger partial charge in [-0.1, -0.05) is 48.5 Å². The normalized spacial score (nSPS) is 12.4. The number of H-pyrrole nitrogens is 1. The highest BCUT2D eigenvalue weighted by Gasteiger charge is 2.17. The SMILES string of the molecule is N[C@@H](Cc1c[nH]c2ccccc12)C(=O)c1ccccc1. The van der Waals surface area contributed by atoms with Gasteiger partial charge in [0.2, 0.25) is 0 Å². The third-order valence-corrected chi connectivity index (χ3v) is 3.51. The van der Waals surface area contributed by atoms with E-state index < -0.39 is 6.04 Å². The van der Waals surface area contributed by atoms with Crippen molar-refractivity contribution in [2.75, 3.05) is 0 Å². The topological polar surface area (TPSA) is 58.9 Å². The summed E-state index contributed by atoms with van der Waals surface area (Å²) in [6.45, 7) is 0. The molecule has 0 saturated carbocycles. The van der Waals surface area contributed by atoms with E-state index in [1.165, 1.54) is 0 Å². The number of rotatable bonds is 4. The van der Waals surface area contributed by atoms with Gasteiger partial charge in [0, 0.05) is 22.7 Å². The van der Waals surface area contributed by atoms with Crippen LogP contribution in [0.4, 0.5) is 0 Å². The summed E-state index contributed by atoms with van der Waals surface area (Å²) in [7, 11) is 0. The molecule has 100 valence electrons. The van der Waals surface area contributed by atoms with Crippen molar-refractivity contribution < 1.29 is 4.79 Å². The van der Waals surface area contributed by atoms with E-state index in [1.54, 1.807) is 12.1 Å². The van der Waals surface area contributed by atoms with Gasteiger partial charge in [0.25, 0.3) is 0 Å². The van der Waals surface area contributed by atoms with Crippen molar-refractivity contribution in [2.24, 2.45) is 5.73 Å². The van der Waals surface area contributed by atoms with Gasteiger partial charge in [0.05, 0.1) is 6.04 Å². The molecule has 3 heteroatoms. The molecule has 0 aliphatic carbocycles. The van der Waals surface area contributed by atoms with Crippen LogP contribution >= 0.6 is 0 Å². The van der Waals surface area contributed by atoms with Crippen molar-refractivity contribution in [3.05, 3.63) is 71.9 Å². The second-order valence-corrected chi connectivity index (χ2v) is 4.90. The molecule has 0 unspecified atom stereocenters. The Morgan fingerprint density at radius 2 is 1.75 bits per heavy atom. The van der Waals surface area contributed by atoms with Crippen molar-refractivity contribution >= 4 is 16.7 Å². The van der Waals surface area contributed by atoms with Crippen molar-refractivity contribution in [3.8, 4) is 0 Å². The predicted molar refractivity (Wildman–Crippen MR) is 80.8 cm³/mol. The van der Waals surface area contributed by atoms with Crippen molar-refractivity contribution in [1.29, 1.82) is 0 Å². The first kappa shape index (κ1) is 12.6. The molecule has 0 fully saturated rings. The van der Waals surface area contributed by atoms with E-state index in [0.717, 1.165) is 16.5 Å². The molecule has 1 atom stereocenters. The maximum atomic E-state index is 12.3. The first-order chi connectivity index (χ1) is 9.75. The third-order valence-electron chi connectivity index (χ3n) is 3.51. The summed E-state index contributed by atoms with van der Waals surface area (Å²) >= 11 is 0. The number of ketones is 1. The minimum Gasteiger partial charge on any atom is -0.361 e. The number of aromatic amines is 1. The lowest BCUT2D eigenvalue weighted by Gasteiger charge is -2.10. The van der Waals surface area contributed by atoms with E-state index in [-0.39, 0.29) is 5.78 Å². The highest BCUT2D eigenvalue weighted by Crippen LogP contribution is 2.19. The van der Waals surface area contributed by atoms with Crippen LogP contribution in [0.3, 0.4) is 0 Å². The van der Waals surface area contributed by atoms with Crippen LogP contribution in [0.2, 0.25) is 0 Å². The van der Waals surface area contributed by atoms with Gasteiger partial charge in [-0.25, -0.2) is 0 Å². The lowest BCUT2D eigenvalue weighted by molar-refractivity contribution is 0.0961. The average Bonchev–Trinajstić information content (AvgIpc) is 2.91. The number of hydrogen-bond acceptors (Lipinski definition) is 2. The fourth-order valence-electron chi connectivity index (χ4n) is 2.45. The number of nitrogens with one attached hydrogen (secondary N) is 1. The lowest BCUT2D eigenvalue weighted by Crippen LogP contribution is -2.32. The average molecular weight is 264 g/mol. The number of Topliss-reactive ketones (excluding diaryl/α,β-unsaturated/α-hetero) is 1. The number of carbonyl (C=O) groups excluding carboxylic acids is 1. The minimum absolute atomic E-state index is 0.0177. The number of benzene rings is 2. The van der Waals surface area contributed by atoms with E-state index >= 15 is 0 Å². The summed E-state index contributed by atoms with van der Waals surface area (Å²) in [5, 5.41) is 1.13. The lowest BCUT2D eigenvalue weighted by atomic mass is 9.98. The van der Waals surface area contributed by atoms with Crippen LogP contribution < -0.4 is 5.73 Å². The van der Waals surface area contributed by atoms with Gasteiger partial charge < -0.3 is 10.7 Å². The van der Waals surface area contributed by atoms with E-state index in [1.807, 2.05) is 48.7 Å². The largest absolute Gasteiger partial charge is 0.361 e. The third kappa shape index (κ3) is 2.36. The Kier molecular flexibility index (Phi) is 3.35. The number of para-hydroxylation sites is 1. The molecule has 2 aromatic carbocycles. The number of aromatic nitrogens is 1. The molecule has 3 aromatic rings. The molecule has 0 aliphatic rings. The summed E-state index contributed by atoms with van der Waals surface area (Å²) < 4.78 is 0. The Morgan fingerprint density at radius 3 is 2.55 bits per heavy atom. The van der Waals surface area contributed by atoms with E-state index in [0.29, 0.717) is 12.0 Å². The summed E-state index contributed by atoms with van der Waals surface area (Å²) in [5.74, 6) is -0.0177. The fraction of sp³-hybridized carbons (Fsp3) is 0.118. The molecule has 0 spiro atoms. The van der Waals surface area contributed by atoms with E-state index in [9.17, 15) is 4.79 Å². The van der Waals surface area contributed by atoms with E-state index in [4.69, 9.17) is 5.73 Å². The van der Waals surface area contributed by atoms with Crippen LogP contribution in [0, 0.1) is 0 Å². The molecule has 0 aliphatic heterocycles. The molecule has 3 nitrogen and oxygen atoms in total. The second kappa shape index (κ2) is 5.31. The first-order valence-corrected chi connectivity index (χ1v) is 6.65. The Hall–Kier alpha value is -2.39. The van der Waals surface area contributed by atoms with Crippen LogP contribution in [0.5, 0.6) is 0 Å². The minimum atomic E-state index is -0.517. The molecule has 1 heterocycles. The van der Waals surface area contributed by atoms with Gasteiger partial charge in [0.1, 0.15) is 0 Å². The summed E-state index contributed by atoms with van der Waals surface area (Å²) in [6.07, 6.45) is 2.47. The van der Waals surface area contributed by atoms with Crippen molar-refractivity contribution in [1.82, 2.24) is 4.98 Å². The number of fused-ring (bicyclic) bond motifs is 1. The number of carbonyl (C=O) groups is 1. The van der Waals surface area contributed by atoms with Gasteiger partial charge in [-0.2, -0.15) is 0 Å². The zero-order chi connectivity index (χ0) is 13.9. The van der Waals surface area contributed by atoms with Crippen LogP contribution in [0.25, 0.3) is 10.9 Å². The maximum Gasteiger partial charge on any atom is 0.179 e. The smallest absolute Gasteiger partial charge is 0.179 e. The molecule has 0 bridgehead atoms. The van der Waals surface area contributed by atoms with Gasteiger partial charge >= 0.3 is 0 Å². The number of nitrogens with two attached hydrogens (primary N) is 1. The summed E-state index contributed by atoms with van der Waals surface area (Å²) in [5.41, 5.74) is 8.89. The van der Waals surface area contributed by atoms with Gasteiger partial charge in [-0.15, -0.1) is 0 Å². The zero-order valence-electron chi connectivity index (χ0n) is 11.0. The molecule has 0 radical (unpaired) electrons. The first-order valence-electron chi connectivity index (χ1n) is 6.65. The van der Waals surface area contributed by atoms with Crippen LogP contribution in [0.1, 0.15) is 15.9 Å². The molecular formula is C17H16N2O. The second-order valence-electron chi connectivity index (χ2n) is 4.90. The van der Waals surface area contributed by atoms with Gasteiger partial charge in [-0.3, -0.25) is 4.79 Å². The molecule has 0 amide bonds. The van der Waals surface area contributed by atoms with Crippen molar-refractivity contribution in [2.45, 2.75) is 12.5 Å². The Labute approximate surface area is 117 Å². The van der Waals surface area contributed by atoms with E-state index in [2.05, 4.69) is 4.98 Å². The maximum absolute atomic E-state index is 12.3. The molecular weight excluding hydrogens is 248 g/mol. The number of hydrogen-bond donors (Lipinski definition) is 2. The fourth-order valence-corrected chi connectivity index (χ4v) is 2.45.